The van der Waals surface area contributed by atoms with E-state index >= 15 is 0 Å². The molecule has 5 heteroatoms. The standard InChI is InChI=1S/C14H17N3OS/c1-3-11-13(15-6-1)17(10-5-8-19-9-10)14(16-11)12-4-2-7-18-12/h1,3,6,10,12H,2,4-5,7-9H2. The summed E-state index contributed by atoms with van der Waals surface area (Å²) in [4.78, 5) is 9.36. The fourth-order valence-corrected chi connectivity index (χ4v) is 4.23. The zero-order valence-corrected chi connectivity index (χ0v) is 11.6. The Hall–Kier alpha value is -1.07. The normalized spacial score (nSPS) is 27.4. The van der Waals surface area contributed by atoms with Gasteiger partial charge in [-0.1, -0.05) is 0 Å². The second kappa shape index (κ2) is 4.80. The van der Waals surface area contributed by atoms with E-state index in [0.717, 1.165) is 36.4 Å². The fraction of sp³-hybridized carbons (Fsp3) is 0.571. The highest BCUT2D eigenvalue weighted by atomic mass is 32.2. The van der Waals surface area contributed by atoms with Crippen LogP contribution in [0.2, 0.25) is 0 Å². The third-order valence-electron chi connectivity index (χ3n) is 3.96. The summed E-state index contributed by atoms with van der Waals surface area (Å²) in [6.07, 6.45) is 5.47. The number of nitrogens with zero attached hydrogens (tertiary/aromatic N) is 3. The van der Waals surface area contributed by atoms with Gasteiger partial charge in [-0.3, -0.25) is 0 Å². The molecule has 0 saturated carbocycles. The Balaban J connectivity index is 1.87. The molecule has 2 saturated heterocycles. The third-order valence-corrected chi connectivity index (χ3v) is 5.11. The molecule has 19 heavy (non-hydrogen) atoms. The lowest BCUT2D eigenvalue weighted by atomic mass is 10.2. The molecule has 100 valence electrons. The number of hydrogen-bond donors (Lipinski definition) is 0. The molecule has 4 nitrogen and oxygen atoms in total. The molecule has 0 bridgehead atoms. The van der Waals surface area contributed by atoms with Gasteiger partial charge in [0.1, 0.15) is 17.4 Å². The summed E-state index contributed by atoms with van der Waals surface area (Å²) in [6, 6.07) is 4.55. The van der Waals surface area contributed by atoms with Crippen LogP contribution < -0.4 is 0 Å². The summed E-state index contributed by atoms with van der Waals surface area (Å²) >= 11 is 2.02. The Morgan fingerprint density at radius 3 is 3.16 bits per heavy atom. The maximum absolute atomic E-state index is 5.85. The van der Waals surface area contributed by atoms with Crippen molar-refractivity contribution in [1.29, 1.82) is 0 Å². The van der Waals surface area contributed by atoms with Gasteiger partial charge in [0.05, 0.1) is 0 Å². The third kappa shape index (κ3) is 1.96. The molecule has 2 atom stereocenters. The van der Waals surface area contributed by atoms with Gasteiger partial charge in [-0.25, -0.2) is 9.97 Å². The number of rotatable bonds is 2. The highest BCUT2D eigenvalue weighted by molar-refractivity contribution is 7.99. The molecule has 0 amide bonds. The summed E-state index contributed by atoms with van der Waals surface area (Å²) in [5, 5.41) is 0. The first-order valence-corrected chi connectivity index (χ1v) is 8.11. The van der Waals surface area contributed by atoms with Crippen molar-refractivity contribution < 1.29 is 4.74 Å². The van der Waals surface area contributed by atoms with Gasteiger partial charge in [-0.2, -0.15) is 11.8 Å². The Bertz CT molecular complexity index is 585. The molecule has 4 rings (SSSR count). The van der Waals surface area contributed by atoms with Crippen LogP contribution in [0.1, 0.15) is 37.2 Å². The van der Waals surface area contributed by atoms with E-state index in [9.17, 15) is 0 Å². The summed E-state index contributed by atoms with van der Waals surface area (Å²) in [7, 11) is 0. The predicted octanol–water partition coefficient (Wildman–Crippen LogP) is 2.96. The summed E-state index contributed by atoms with van der Waals surface area (Å²) in [5.74, 6) is 3.50. The molecule has 2 aliphatic heterocycles. The molecular weight excluding hydrogens is 258 g/mol. The zero-order valence-electron chi connectivity index (χ0n) is 10.8. The van der Waals surface area contributed by atoms with Crippen LogP contribution in [-0.2, 0) is 4.74 Å². The van der Waals surface area contributed by atoms with Gasteiger partial charge >= 0.3 is 0 Å². The van der Waals surface area contributed by atoms with Crippen LogP contribution in [0.5, 0.6) is 0 Å². The Labute approximate surface area is 116 Å². The number of fused-ring (bicyclic) bond motifs is 1. The number of hydrogen-bond acceptors (Lipinski definition) is 4. The fourth-order valence-electron chi connectivity index (χ4n) is 3.04. The monoisotopic (exact) mass is 275 g/mol. The lowest BCUT2D eigenvalue weighted by Gasteiger charge is -2.18. The minimum Gasteiger partial charge on any atom is -0.370 e. The van der Waals surface area contributed by atoms with Crippen LogP contribution in [0.3, 0.4) is 0 Å². The van der Waals surface area contributed by atoms with Gasteiger partial charge in [0.25, 0.3) is 0 Å². The molecule has 2 aliphatic rings. The van der Waals surface area contributed by atoms with Crippen LogP contribution >= 0.6 is 11.8 Å². The van der Waals surface area contributed by atoms with Crippen molar-refractivity contribution in [2.75, 3.05) is 18.1 Å². The maximum Gasteiger partial charge on any atom is 0.160 e. The van der Waals surface area contributed by atoms with Crippen LogP contribution in [0.15, 0.2) is 18.3 Å². The molecule has 2 aromatic heterocycles. The predicted molar refractivity (Wildman–Crippen MR) is 76.4 cm³/mol. The quantitative estimate of drug-likeness (QED) is 0.845. The second-order valence-electron chi connectivity index (χ2n) is 5.21. The van der Waals surface area contributed by atoms with Crippen molar-refractivity contribution in [2.24, 2.45) is 0 Å². The smallest absolute Gasteiger partial charge is 0.160 e. The average molecular weight is 275 g/mol. The van der Waals surface area contributed by atoms with E-state index in [1.807, 2.05) is 24.0 Å². The van der Waals surface area contributed by atoms with E-state index in [2.05, 4.69) is 15.6 Å². The van der Waals surface area contributed by atoms with Crippen LogP contribution in [-0.4, -0.2) is 32.6 Å². The highest BCUT2D eigenvalue weighted by Gasteiger charge is 2.29. The molecule has 0 spiro atoms. The van der Waals surface area contributed by atoms with E-state index in [0.29, 0.717) is 6.04 Å². The average Bonchev–Trinajstić information content (AvgIpc) is 3.17. The largest absolute Gasteiger partial charge is 0.370 e. The zero-order chi connectivity index (χ0) is 12.7. The van der Waals surface area contributed by atoms with E-state index in [1.54, 1.807) is 0 Å². The molecule has 0 N–H and O–H groups in total. The number of aromatic nitrogens is 3. The van der Waals surface area contributed by atoms with Gasteiger partial charge in [-0.05, 0) is 37.1 Å². The van der Waals surface area contributed by atoms with Crippen molar-refractivity contribution in [2.45, 2.75) is 31.4 Å². The molecule has 2 fully saturated rings. The van der Waals surface area contributed by atoms with Crippen molar-refractivity contribution in [3.05, 3.63) is 24.2 Å². The van der Waals surface area contributed by atoms with E-state index in [1.165, 1.54) is 17.9 Å². The number of imidazole rings is 1. The number of ether oxygens (including phenoxy) is 1. The molecule has 0 radical (unpaired) electrons. The first kappa shape index (κ1) is 11.7. The SMILES string of the molecule is c1cnc2c(c1)nc(C1CCCO1)n2C1CCSC1. The van der Waals surface area contributed by atoms with Gasteiger partial charge < -0.3 is 9.30 Å². The van der Waals surface area contributed by atoms with E-state index < -0.39 is 0 Å². The molecule has 0 aromatic carbocycles. The van der Waals surface area contributed by atoms with Crippen LogP contribution in [0.25, 0.3) is 11.2 Å². The molecule has 2 aromatic rings. The molecule has 4 heterocycles. The minimum atomic E-state index is 0.166. The molecular formula is C14H17N3OS. The van der Waals surface area contributed by atoms with Gasteiger partial charge in [0.2, 0.25) is 0 Å². The first-order chi connectivity index (χ1) is 9.43. The summed E-state index contributed by atoms with van der Waals surface area (Å²) in [5.41, 5.74) is 2.03. The molecule has 2 unspecified atom stereocenters. The second-order valence-corrected chi connectivity index (χ2v) is 6.36. The topological polar surface area (TPSA) is 39.9 Å². The lowest BCUT2D eigenvalue weighted by molar-refractivity contribution is 0.101. The van der Waals surface area contributed by atoms with Gasteiger partial charge in [-0.15, -0.1) is 0 Å². The van der Waals surface area contributed by atoms with Crippen LogP contribution in [0.4, 0.5) is 0 Å². The summed E-state index contributed by atoms with van der Waals surface area (Å²) < 4.78 is 8.20. The van der Waals surface area contributed by atoms with Crippen LogP contribution in [0, 0.1) is 0 Å². The van der Waals surface area contributed by atoms with E-state index in [4.69, 9.17) is 9.72 Å². The van der Waals surface area contributed by atoms with E-state index in [-0.39, 0.29) is 6.10 Å². The van der Waals surface area contributed by atoms with Gasteiger partial charge in [0, 0.05) is 24.6 Å². The number of thioether (sulfide) groups is 1. The Morgan fingerprint density at radius 1 is 1.37 bits per heavy atom. The minimum absolute atomic E-state index is 0.166. The summed E-state index contributed by atoms with van der Waals surface area (Å²) in [6.45, 7) is 0.862. The Kier molecular flexibility index (Phi) is 2.96. The Morgan fingerprint density at radius 2 is 2.37 bits per heavy atom. The number of pyridine rings is 1. The maximum atomic E-state index is 5.85. The first-order valence-electron chi connectivity index (χ1n) is 6.95. The lowest BCUT2D eigenvalue weighted by Crippen LogP contribution is -2.15. The van der Waals surface area contributed by atoms with Gasteiger partial charge in [0.15, 0.2) is 5.65 Å². The molecule has 0 aliphatic carbocycles. The van der Waals surface area contributed by atoms with Crippen molar-refractivity contribution in [3.63, 3.8) is 0 Å². The van der Waals surface area contributed by atoms with Crippen molar-refractivity contribution >= 4 is 22.9 Å². The van der Waals surface area contributed by atoms with Crippen molar-refractivity contribution in [1.82, 2.24) is 14.5 Å². The highest BCUT2D eigenvalue weighted by Crippen LogP contribution is 2.36. The van der Waals surface area contributed by atoms with Crippen molar-refractivity contribution in [3.8, 4) is 0 Å².